The van der Waals surface area contributed by atoms with Gasteiger partial charge in [-0.3, -0.25) is 10.1 Å². The van der Waals surface area contributed by atoms with Gasteiger partial charge in [0.1, 0.15) is 0 Å². The van der Waals surface area contributed by atoms with Crippen LogP contribution in [0.4, 0.5) is 5.69 Å². The molecular weight excluding hydrogens is 373 g/mol. The first-order valence-corrected chi connectivity index (χ1v) is 8.43. The summed E-state index contributed by atoms with van der Waals surface area (Å²) >= 11 is 13.5. The van der Waals surface area contributed by atoms with Crippen LogP contribution in [-0.4, -0.2) is 15.1 Å². The SMILES string of the molecule is O=[N+]([O-])c1cccc(-c2nnc(SCc3c(Cl)cccc3Cl)o2)c1. The van der Waals surface area contributed by atoms with Crippen LogP contribution in [0, 0.1) is 10.1 Å². The van der Waals surface area contributed by atoms with Crippen LogP contribution in [0.3, 0.4) is 0 Å². The minimum atomic E-state index is -0.477. The zero-order chi connectivity index (χ0) is 17.1. The average Bonchev–Trinajstić information content (AvgIpc) is 3.03. The van der Waals surface area contributed by atoms with E-state index in [4.69, 9.17) is 27.6 Å². The topological polar surface area (TPSA) is 82.1 Å². The number of non-ortho nitro benzene ring substituents is 1. The third-order valence-corrected chi connectivity index (χ3v) is 4.67. The van der Waals surface area contributed by atoms with Crippen molar-refractivity contribution in [3.05, 3.63) is 68.2 Å². The van der Waals surface area contributed by atoms with Gasteiger partial charge in [0.2, 0.25) is 5.89 Å². The molecule has 0 amide bonds. The summed E-state index contributed by atoms with van der Waals surface area (Å²) in [7, 11) is 0. The Morgan fingerprint density at radius 2 is 1.83 bits per heavy atom. The van der Waals surface area contributed by atoms with E-state index in [1.165, 1.54) is 23.9 Å². The molecule has 24 heavy (non-hydrogen) atoms. The van der Waals surface area contributed by atoms with Gasteiger partial charge in [-0.2, -0.15) is 0 Å². The summed E-state index contributed by atoms with van der Waals surface area (Å²) < 4.78 is 5.54. The smallest absolute Gasteiger partial charge is 0.277 e. The second-order valence-electron chi connectivity index (χ2n) is 4.67. The molecule has 0 aliphatic carbocycles. The number of hydrogen-bond donors (Lipinski definition) is 0. The standard InChI is InChI=1S/C15H9Cl2N3O3S/c16-12-5-2-6-13(17)11(12)8-24-15-19-18-14(23-15)9-3-1-4-10(7-9)20(21)22/h1-7H,8H2. The van der Waals surface area contributed by atoms with E-state index in [0.29, 0.717) is 26.6 Å². The van der Waals surface area contributed by atoms with Gasteiger partial charge in [0.25, 0.3) is 10.9 Å². The molecule has 0 radical (unpaired) electrons. The Morgan fingerprint density at radius 3 is 2.54 bits per heavy atom. The summed E-state index contributed by atoms with van der Waals surface area (Å²) in [5.74, 6) is 0.682. The minimum Gasteiger partial charge on any atom is -0.411 e. The Bertz CT molecular complexity index is 881. The molecule has 2 aromatic carbocycles. The van der Waals surface area contributed by atoms with E-state index in [2.05, 4.69) is 10.2 Å². The summed E-state index contributed by atoms with van der Waals surface area (Å²) in [6, 6.07) is 11.3. The second kappa shape index (κ2) is 7.21. The monoisotopic (exact) mass is 381 g/mol. The molecule has 0 spiro atoms. The van der Waals surface area contributed by atoms with Crippen LogP contribution in [0.25, 0.3) is 11.5 Å². The fourth-order valence-corrected chi connectivity index (χ4v) is 3.45. The molecule has 0 aliphatic heterocycles. The Labute approximate surface area is 150 Å². The minimum absolute atomic E-state index is 0.0391. The van der Waals surface area contributed by atoms with Gasteiger partial charge in [0.05, 0.1) is 4.92 Å². The molecule has 1 aromatic heterocycles. The number of thioether (sulfide) groups is 1. The maximum atomic E-state index is 10.8. The maximum Gasteiger partial charge on any atom is 0.277 e. The van der Waals surface area contributed by atoms with Gasteiger partial charge < -0.3 is 4.42 Å². The lowest BCUT2D eigenvalue weighted by Crippen LogP contribution is -1.88. The highest BCUT2D eigenvalue weighted by Crippen LogP contribution is 2.32. The number of rotatable bonds is 5. The number of nitro benzene ring substituents is 1. The highest BCUT2D eigenvalue weighted by atomic mass is 35.5. The number of halogens is 2. The molecule has 0 atom stereocenters. The quantitative estimate of drug-likeness (QED) is 0.341. The Morgan fingerprint density at radius 1 is 1.12 bits per heavy atom. The van der Waals surface area contributed by atoms with E-state index in [1.807, 2.05) is 0 Å². The van der Waals surface area contributed by atoms with Crippen LogP contribution in [0.5, 0.6) is 0 Å². The molecule has 0 fully saturated rings. The molecule has 0 aliphatic rings. The van der Waals surface area contributed by atoms with Crippen molar-refractivity contribution in [1.29, 1.82) is 0 Å². The highest BCUT2D eigenvalue weighted by Gasteiger charge is 2.14. The number of nitro groups is 1. The van der Waals surface area contributed by atoms with Crippen molar-refractivity contribution < 1.29 is 9.34 Å². The first-order chi connectivity index (χ1) is 11.5. The van der Waals surface area contributed by atoms with E-state index in [1.54, 1.807) is 30.3 Å². The first-order valence-electron chi connectivity index (χ1n) is 6.68. The summed E-state index contributed by atoms with van der Waals surface area (Å²) in [4.78, 5) is 10.3. The molecule has 6 nitrogen and oxygen atoms in total. The molecule has 1 heterocycles. The first kappa shape index (κ1) is 16.8. The number of benzene rings is 2. The van der Waals surface area contributed by atoms with Crippen LogP contribution < -0.4 is 0 Å². The normalized spacial score (nSPS) is 10.8. The fourth-order valence-electron chi connectivity index (χ4n) is 1.94. The molecule has 9 heteroatoms. The van der Waals surface area contributed by atoms with Crippen LogP contribution >= 0.6 is 35.0 Å². The Kier molecular flexibility index (Phi) is 5.03. The summed E-state index contributed by atoms with van der Waals surface area (Å²) in [5, 5.41) is 20.1. The van der Waals surface area contributed by atoms with Gasteiger partial charge in [0.15, 0.2) is 0 Å². The molecule has 3 rings (SSSR count). The van der Waals surface area contributed by atoms with Gasteiger partial charge in [0, 0.05) is 33.5 Å². The van der Waals surface area contributed by atoms with Gasteiger partial charge in [-0.05, 0) is 23.8 Å². The predicted octanol–water partition coefficient (Wildman–Crippen LogP) is 5.24. The van der Waals surface area contributed by atoms with Gasteiger partial charge in [-0.1, -0.05) is 47.1 Å². The highest BCUT2D eigenvalue weighted by molar-refractivity contribution is 7.98. The number of hydrogen-bond acceptors (Lipinski definition) is 6. The van der Waals surface area contributed by atoms with Crippen molar-refractivity contribution in [2.75, 3.05) is 0 Å². The van der Waals surface area contributed by atoms with E-state index in [0.717, 1.165) is 5.56 Å². The van der Waals surface area contributed by atoms with E-state index in [-0.39, 0.29) is 11.6 Å². The lowest BCUT2D eigenvalue weighted by atomic mass is 10.2. The van der Waals surface area contributed by atoms with E-state index < -0.39 is 4.92 Å². The van der Waals surface area contributed by atoms with Gasteiger partial charge >= 0.3 is 0 Å². The van der Waals surface area contributed by atoms with Crippen LogP contribution in [0.2, 0.25) is 10.0 Å². The molecule has 0 N–H and O–H groups in total. The lowest BCUT2D eigenvalue weighted by Gasteiger charge is -2.04. The van der Waals surface area contributed by atoms with Crippen LogP contribution in [0.15, 0.2) is 52.1 Å². The third-order valence-electron chi connectivity index (χ3n) is 3.11. The van der Waals surface area contributed by atoms with Crippen LogP contribution in [-0.2, 0) is 5.75 Å². The van der Waals surface area contributed by atoms with Crippen molar-refractivity contribution in [3.8, 4) is 11.5 Å². The summed E-state index contributed by atoms with van der Waals surface area (Å²) in [6.45, 7) is 0. The van der Waals surface area contributed by atoms with E-state index in [9.17, 15) is 10.1 Å². The molecule has 0 saturated carbocycles. The molecule has 0 bridgehead atoms. The van der Waals surface area contributed by atoms with E-state index >= 15 is 0 Å². The van der Waals surface area contributed by atoms with Gasteiger partial charge in [-0.15, -0.1) is 10.2 Å². The van der Waals surface area contributed by atoms with Crippen molar-refractivity contribution in [1.82, 2.24) is 10.2 Å². The molecule has 0 saturated heterocycles. The van der Waals surface area contributed by atoms with Crippen LogP contribution in [0.1, 0.15) is 5.56 Å². The number of nitrogens with zero attached hydrogens (tertiary/aromatic N) is 3. The van der Waals surface area contributed by atoms with Gasteiger partial charge in [-0.25, -0.2) is 0 Å². The lowest BCUT2D eigenvalue weighted by molar-refractivity contribution is -0.384. The third kappa shape index (κ3) is 3.69. The average molecular weight is 382 g/mol. The number of aromatic nitrogens is 2. The zero-order valence-electron chi connectivity index (χ0n) is 12.0. The summed E-state index contributed by atoms with van der Waals surface area (Å²) in [6.07, 6.45) is 0. The Balaban J connectivity index is 1.76. The maximum absolute atomic E-state index is 10.8. The molecule has 0 unspecified atom stereocenters. The van der Waals surface area contributed by atoms with Crippen molar-refractivity contribution in [2.24, 2.45) is 0 Å². The van der Waals surface area contributed by atoms with Crippen molar-refractivity contribution in [2.45, 2.75) is 11.0 Å². The summed E-state index contributed by atoms with van der Waals surface area (Å²) in [5.41, 5.74) is 1.23. The fraction of sp³-hybridized carbons (Fsp3) is 0.0667. The predicted molar refractivity (Wildman–Crippen MR) is 92.4 cm³/mol. The van der Waals surface area contributed by atoms with Crippen molar-refractivity contribution in [3.63, 3.8) is 0 Å². The Hall–Kier alpha value is -2.09. The molecular formula is C15H9Cl2N3O3S. The molecule has 122 valence electrons. The van der Waals surface area contributed by atoms with Crippen molar-refractivity contribution >= 4 is 40.7 Å². The second-order valence-corrected chi connectivity index (χ2v) is 6.41. The largest absolute Gasteiger partial charge is 0.411 e. The zero-order valence-corrected chi connectivity index (χ0v) is 14.3. The molecule has 3 aromatic rings.